The van der Waals surface area contributed by atoms with Crippen LogP contribution >= 0.6 is 34.4 Å². The Balaban J connectivity index is 1.77. The van der Waals surface area contributed by atoms with Crippen molar-refractivity contribution in [2.75, 3.05) is 10.6 Å². The standard InChI is InChI=1S/C17H12F2N2O2S3/c18-17(19)26-12-7-9-25-14(12)16(23)21-11-5-2-1-4-10(11)20-15(22)13-6-3-8-24-13/h1-9,17H,(H,20,22)(H,21,23). The van der Waals surface area contributed by atoms with E-state index in [1.165, 1.54) is 17.4 Å². The SMILES string of the molecule is O=C(Nc1ccccc1NC(=O)c1sccc1SC(F)F)c1cccs1. The molecule has 2 heterocycles. The van der Waals surface area contributed by atoms with E-state index in [1.807, 2.05) is 0 Å². The molecular formula is C17H12F2N2O2S3. The number of thiophene rings is 2. The Morgan fingerprint density at radius 2 is 1.58 bits per heavy atom. The number of carbonyl (C=O) groups excluding carboxylic acids is 2. The lowest BCUT2D eigenvalue weighted by Gasteiger charge is -2.12. The van der Waals surface area contributed by atoms with Crippen molar-refractivity contribution in [3.05, 3.63) is 63.0 Å². The van der Waals surface area contributed by atoms with Gasteiger partial charge in [-0.05, 0) is 35.0 Å². The molecule has 26 heavy (non-hydrogen) atoms. The summed E-state index contributed by atoms with van der Waals surface area (Å²) in [5, 5.41) is 8.81. The zero-order valence-electron chi connectivity index (χ0n) is 13.1. The normalized spacial score (nSPS) is 10.7. The second-order valence-electron chi connectivity index (χ2n) is 4.92. The molecule has 3 aromatic rings. The van der Waals surface area contributed by atoms with E-state index in [4.69, 9.17) is 0 Å². The first kappa shape index (κ1) is 18.6. The molecule has 0 spiro atoms. The van der Waals surface area contributed by atoms with Gasteiger partial charge in [-0.25, -0.2) is 0 Å². The molecule has 9 heteroatoms. The van der Waals surface area contributed by atoms with Crippen molar-refractivity contribution in [3.63, 3.8) is 0 Å². The fourth-order valence-electron chi connectivity index (χ4n) is 2.12. The first-order chi connectivity index (χ1) is 12.5. The summed E-state index contributed by atoms with van der Waals surface area (Å²) in [6.07, 6.45) is 0. The number of rotatable bonds is 6. The molecular weight excluding hydrogens is 398 g/mol. The number of nitrogens with one attached hydrogen (secondary N) is 2. The van der Waals surface area contributed by atoms with E-state index in [0.717, 1.165) is 11.3 Å². The van der Waals surface area contributed by atoms with Gasteiger partial charge in [0, 0.05) is 4.90 Å². The Morgan fingerprint density at radius 3 is 2.19 bits per heavy atom. The van der Waals surface area contributed by atoms with Gasteiger partial charge in [0.25, 0.3) is 17.6 Å². The van der Waals surface area contributed by atoms with Gasteiger partial charge in [-0.3, -0.25) is 9.59 Å². The number of benzene rings is 1. The summed E-state index contributed by atoms with van der Waals surface area (Å²) < 4.78 is 25.2. The Bertz CT molecular complexity index is 910. The van der Waals surface area contributed by atoms with Crippen LogP contribution in [-0.4, -0.2) is 17.6 Å². The average molecular weight is 410 g/mol. The van der Waals surface area contributed by atoms with Crippen LogP contribution in [0.2, 0.25) is 0 Å². The van der Waals surface area contributed by atoms with E-state index in [1.54, 1.807) is 47.2 Å². The fourth-order valence-corrected chi connectivity index (χ4v) is 4.34. The van der Waals surface area contributed by atoms with Crippen LogP contribution in [-0.2, 0) is 0 Å². The van der Waals surface area contributed by atoms with Gasteiger partial charge in [0.1, 0.15) is 4.88 Å². The predicted octanol–water partition coefficient (Wildman–Crippen LogP) is 5.63. The monoisotopic (exact) mass is 410 g/mol. The van der Waals surface area contributed by atoms with Gasteiger partial charge in [0.2, 0.25) is 0 Å². The third kappa shape index (κ3) is 4.48. The molecule has 3 rings (SSSR count). The van der Waals surface area contributed by atoms with Gasteiger partial charge in [-0.2, -0.15) is 8.78 Å². The number of para-hydroxylation sites is 2. The van der Waals surface area contributed by atoms with Crippen molar-refractivity contribution in [2.45, 2.75) is 10.7 Å². The van der Waals surface area contributed by atoms with Crippen molar-refractivity contribution in [3.8, 4) is 0 Å². The molecule has 2 N–H and O–H groups in total. The molecule has 0 fully saturated rings. The minimum absolute atomic E-state index is 0.203. The Labute approximate surface area is 160 Å². The third-order valence-corrected chi connectivity index (χ3v) is 5.90. The van der Waals surface area contributed by atoms with Crippen LogP contribution in [0.4, 0.5) is 20.2 Å². The number of hydrogen-bond donors (Lipinski definition) is 2. The highest BCUT2D eigenvalue weighted by Gasteiger charge is 2.18. The quantitative estimate of drug-likeness (QED) is 0.518. The molecule has 134 valence electrons. The molecule has 0 aliphatic carbocycles. The van der Waals surface area contributed by atoms with Crippen LogP contribution in [0, 0.1) is 0 Å². The van der Waals surface area contributed by atoms with Gasteiger partial charge in [-0.15, -0.1) is 22.7 Å². The van der Waals surface area contributed by atoms with E-state index < -0.39 is 11.7 Å². The van der Waals surface area contributed by atoms with Crippen molar-refractivity contribution in [1.29, 1.82) is 0 Å². The van der Waals surface area contributed by atoms with Gasteiger partial charge >= 0.3 is 0 Å². The van der Waals surface area contributed by atoms with Crippen molar-refractivity contribution >= 4 is 57.6 Å². The largest absolute Gasteiger partial charge is 0.319 e. The summed E-state index contributed by atoms with van der Waals surface area (Å²) >= 11 is 2.72. The molecule has 1 aromatic carbocycles. The van der Waals surface area contributed by atoms with E-state index in [-0.39, 0.29) is 15.7 Å². The topological polar surface area (TPSA) is 58.2 Å². The lowest BCUT2D eigenvalue weighted by atomic mass is 10.2. The summed E-state index contributed by atoms with van der Waals surface area (Å²) in [5.41, 5.74) is 0.822. The molecule has 0 atom stereocenters. The Morgan fingerprint density at radius 1 is 0.885 bits per heavy atom. The van der Waals surface area contributed by atoms with E-state index in [2.05, 4.69) is 10.6 Å². The van der Waals surface area contributed by atoms with Crippen LogP contribution in [0.1, 0.15) is 19.3 Å². The average Bonchev–Trinajstić information content (AvgIpc) is 3.27. The maximum atomic E-state index is 12.6. The van der Waals surface area contributed by atoms with Crippen LogP contribution in [0.15, 0.2) is 58.1 Å². The lowest BCUT2D eigenvalue weighted by molar-refractivity contribution is 0.101. The van der Waals surface area contributed by atoms with Gasteiger partial charge in [-0.1, -0.05) is 30.0 Å². The number of amides is 2. The number of anilines is 2. The van der Waals surface area contributed by atoms with Gasteiger partial charge < -0.3 is 10.6 Å². The molecule has 4 nitrogen and oxygen atoms in total. The first-order valence-electron chi connectivity index (χ1n) is 7.32. The predicted molar refractivity (Wildman–Crippen MR) is 103 cm³/mol. The summed E-state index contributed by atoms with van der Waals surface area (Å²) in [7, 11) is 0. The Hall–Kier alpha value is -2.23. The second kappa shape index (κ2) is 8.43. The van der Waals surface area contributed by atoms with E-state index in [9.17, 15) is 18.4 Å². The zero-order chi connectivity index (χ0) is 18.5. The van der Waals surface area contributed by atoms with Gasteiger partial charge in [0.05, 0.1) is 16.3 Å². The minimum Gasteiger partial charge on any atom is -0.319 e. The number of alkyl halides is 2. The highest BCUT2D eigenvalue weighted by atomic mass is 32.2. The van der Waals surface area contributed by atoms with Crippen LogP contribution in [0.3, 0.4) is 0 Å². The van der Waals surface area contributed by atoms with E-state index in [0.29, 0.717) is 28.0 Å². The molecule has 0 aliphatic heterocycles. The van der Waals surface area contributed by atoms with Gasteiger partial charge in [0.15, 0.2) is 0 Å². The summed E-state index contributed by atoms with van der Waals surface area (Å²) in [4.78, 5) is 25.7. The molecule has 0 saturated heterocycles. The summed E-state index contributed by atoms with van der Waals surface area (Å²) in [5.74, 6) is -3.39. The summed E-state index contributed by atoms with van der Waals surface area (Å²) in [6.45, 7) is 0. The number of halogens is 2. The Kier molecular flexibility index (Phi) is 6.02. The van der Waals surface area contributed by atoms with Crippen LogP contribution < -0.4 is 10.6 Å². The first-order valence-corrected chi connectivity index (χ1v) is 9.96. The number of carbonyl (C=O) groups is 2. The zero-order valence-corrected chi connectivity index (χ0v) is 15.5. The molecule has 0 aliphatic rings. The molecule has 0 radical (unpaired) electrons. The molecule has 2 amide bonds. The van der Waals surface area contributed by atoms with Crippen molar-refractivity contribution in [1.82, 2.24) is 0 Å². The van der Waals surface area contributed by atoms with E-state index >= 15 is 0 Å². The summed E-state index contributed by atoms with van der Waals surface area (Å²) in [6, 6.07) is 11.7. The van der Waals surface area contributed by atoms with Crippen LogP contribution in [0.5, 0.6) is 0 Å². The lowest BCUT2D eigenvalue weighted by Crippen LogP contribution is -2.16. The van der Waals surface area contributed by atoms with Crippen molar-refractivity contribution in [2.24, 2.45) is 0 Å². The minimum atomic E-state index is -2.60. The fraction of sp³-hybridized carbons (Fsp3) is 0.0588. The molecule has 0 bridgehead atoms. The molecule has 0 saturated carbocycles. The number of thioether (sulfide) groups is 1. The third-order valence-electron chi connectivity index (χ3n) is 3.22. The molecule has 2 aromatic heterocycles. The highest BCUT2D eigenvalue weighted by Crippen LogP contribution is 2.33. The maximum Gasteiger partial charge on any atom is 0.288 e. The van der Waals surface area contributed by atoms with Crippen LogP contribution in [0.25, 0.3) is 0 Å². The molecule has 0 unspecified atom stereocenters. The highest BCUT2D eigenvalue weighted by molar-refractivity contribution is 7.99. The smallest absolute Gasteiger partial charge is 0.288 e. The second-order valence-corrected chi connectivity index (χ2v) is 7.82. The maximum absolute atomic E-state index is 12.6. The van der Waals surface area contributed by atoms with Crippen molar-refractivity contribution < 1.29 is 18.4 Å². The number of hydrogen-bond acceptors (Lipinski definition) is 5.